The van der Waals surface area contributed by atoms with Crippen LogP contribution in [-0.4, -0.2) is 21.7 Å². The van der Waals surface area contributed by atoms with Crippen LogP contribution in [0.2, 0.25) is 0 Å². The third kappa shape index (κ3) is 2.53. The average molecular weight is 373 g/mol. The topological polar surface area (TPSA) is 46.9 Å². The normalized spacial score (nSPS) is 30.6. The van der Waals surface area contributed by atoms with Gasteiger partial charge in [-0.1, -0.05) is 6.42 Å². The quantitative estimate of drug-likeness (QED) is 0.828. The Morgan fingerprint density at radius 2 is 2.32 bits per heavy atom. The minimum atomic E-state index is -0.0275. The van der Waals surface area contributed by atoms with Gasteiger partial charge in [0.05, 0.1) is 3.57 Å². The highest BCUT2D eigenvalue weighted by Crippen LogP contribution is 2.49. The number of aryl methyl sites for hydroxylation is 1. The van der Waals surface area contributed by atoms with Crippen LogP contribution in [0.3, 0.4) is 0 Å². The van der Waals surface area contributed by atoms with E-state index in [0.717, 1.165) is 15.4 Å². The Balaban J connectivity index is 1.65. The van der Waals surface area contributed by atoms with Crippen molar-refractivity contribution in [2.24, 2.45) is 24.8 Å². The van der Waals surface area contributed by atoms with Gasteiger partial charge in [0, 0.05) is 19.3 Å². The molecule has 2 saturated carbocycles. The van der Waals surface area contributed by atoms with Crippen molar-refractivity contribution in [2.45, 2.75) is 38.6 Å². The lowest BCUT2D eigenvalue weighted by molar-refractivity contribution is 0.0908. The second-order valence-corrected chi connectivity index (χ2v) is 7.26. The molecule has 104 valence electrons. The molecule has 2 aliphatic carbocycles. The van der Waals surface area contributed by atoms with Gasteiger partial charge in [0.1, 0.15) is 0 Å². The van der Waals surface area contributed by atoms with Gasteiger partial charge < -0.3 is 5.32 Å². The van der Waals surface area contributed by atoms with Gasteiger partial charge in [-0.2, -0.15) is 5.10 Å². The molecule has 2 aliphatic rings. The smallest absolute Gasteiger partial charge is 0.273 e. The first-order valence-electron chi connectivity index (χ1n) is 7.04. The lowest BCUT2D eigenvalue weighted by Crippen LogP contribution is -2.40. The van der Waals surface area contributed by atoms with Crippen LogP contribution in [0, 0.1) is 21.3 Å². The molecule has 1 heterocycles. The Hall–Kier alpha value is -0.590. The molecule has 3 rings (SSSR count). The Kier molecular flexibility index (Phi) is 3.57. The van der Waals surface area contributed by atoms with Gasteiger partial charge in [-0.15, -0.1) is 0 Å². The van der Waals surface area contributed by atoms with E-state index in [1.807, 2.05) is 13.2 Å². The molecule has 1 N–H and O–H groups in total. The Labute approximate surface area is 127 Å². The van der Waals surface area contributed by atoms with Crippen molar-refractivity contribution in [3.8, 4) is 0 Å². The number of nitrogens with one attached hydrogen (secondary N) is 1. The first-order chi connectivity index (χ1) is 9.04. The zero-order valence-electron chi connectivity index (χ0n) is 11.4. The maximum absolute atomic E-state index is 12.3. The maximum Gasteiger partial charge on any atom is 0.273 e. The molecule has 0 aliphatic heterocycles. The predicted octanol–water partition coefficient (Wildman–Crippen LogP) is 2.58. The molecule has 0 saturated heterocycles. The van der Waals surface area contributed by atoms with E-state index in [1.54, 1.807) is 4.68 Å². The van der Waals surface area contributed by atoms with Crippen LogP contribution < -0.4 is 5.32 Å². The highest BCUT2D eigenvalue weighted by atomic mass is 127. The van der Waals surface area contributed by atoms with E-state index in [0.29, 0.717) is 11.6 Å². The van der Waals surface area contributed by atoms with Crippen molar-refractivity contribution in [1.82, 2.24) is 15.1 Å². The van der Waals surface area contributed by atoms with E-state index in [1.165, 1.54) is 25.7 Å². The molecule has 19 heavy (non-hydrogen) atoms. The van der Waals surface area contributed by atoms with E-state index in [9.17, 15) is 4.79 Å². The summed E-state index contributed by atoms with van der Waals surface area (Å²) in [4.78, 5) is 12.3. The molecule has 0 radical (unpaired) electrons. The van der Waals surface area contributed by atoms with Gasteiger partial charge in [-0.25, -0.2) is 0 Å². The standard InChI is InChI=1S/C14H20IN3O/c1-8(11-6-9-3-4-10(11)5-9)16-14(19)13-12(15)7-18(2)17-13/h7-11H,3-6H2,1-2H3,(H,16,19)/t8-,9+,10+,11+/m1/s1. The average Bonchev–Trinajstić information content (AvgIpc) is 3.03. The van der Waals surface area contributed by atoms with E-state index in [2.05, 4.69) is 39.9 Å². The third-order valence-corrected chi connectivity index (χ3v) is 5.58. The Morgan fingerprint density at radius 3 is 2.84 bits per heavy atom. The lowest BCUT2D eigenvalue weighted by atomic mass is 9.84. The van der Waals surface area contributed by atoms with Gasteiger partial charge in [0.25, 0.3) is 5.91 Å². The zero-order valence-corrected chi connectivity index (χ0v) is 13.6. The first-order valence-corrected chi connectivity index (χ1v) is 8.12. The number of halogens is 1. The van der Waals surface area contributed by atoms with Crippen molar-refractivity contribution in [2.75, 3.05) is 0 Å². The molecule has 2 bridgehead atoms. The number of hydrogen-bond acceptors (Lipinski definition) is 2. The minimum absolute atomic E-state index is 0.0275. The number of hydrogen-bond donors (Lipinski definition) is 1. The van der Waals surface area contributed by atoms with Crippen molar-refractivity contribution in [3.05, 3.63) is 15.5 Å². The molecule has 0 unspecified atom stereocenters. The number of carbonyl (C=O) groups excluding carboxylic acids is 1. The van der Waals surface area contributed by atoms with Gasteiger partial charge in [-0.3, -0.25) is 9.48 Å². The van der Waals surface area contributed by atoms with Crippen molar-refractivity contribution in [3.63, 3.8) is 0 Å². The van der Waals surface area contributed by atoms with Crippen LogP contribution in [0.4, 0.5) is 0 Å². The number of aromatic nitrogens is 2. The maximum atomic E-state index is 12.3. The number of rotatable bonds is 3. The number of nitrogens with zero attached hydrogens (tertiary/aromatic N) is 2. The van der Waals surface area contributed by atoms with Gasteiger partial charge in [0.15, 0.2) is 5.69 Å². The van der Waals surface area contributed by atoms with Crippen LogP contribution in [0.5, 0.6) is 0 Å². The van der Waals surface area contributed by atoms with Gasteiger partial charge in [0.2, 0.25) is 0 Å². The van der Waals surface area contributed by atoms with Crippen molar-refractivity contribution < 1.29 is 4.79 Å². The largest absolute Gasteiger partial charge is 0.348 e. The van der Waals surface area contributed by atoms with Crippen LogP contribution in [0.15, 0.2) is 6.20 Å². The summed E-state index contributed by atoms with van der Waals surface area (Å²) in [5.41, 5.74) is 0.554. The molecule has 1 aromatic rings. The SMILES string of the molecule is C[C@@H](NC(=O)c1nn(C)cc1I)[C@@H]1C[C@H]2CC[C@H]1C2. The number of fused-ring (bicyclic) bond motifs is 2. The summed E-state index contributed by atoms with van der Waals surface area (Å²) in [5, 5.41) is 7.39. The molecular formula is C14H20IN3O. The summed E-state index contributed by atoms with van der Waals surface area (Å²) in [5.74, 6) is 2.40. The summed E-state index contributed by atoms with van der Waals surface area (Å²) in [6.45, 7) is 2.15. The first kappa shape index (κ1) is 13.4. The van der Waals surface area contributed by atoms with Crippen LogP contribution in [0.1, 0.15) is 43.1 Å². The van der Waals surface area contributed by atoms with Gasteiger partial charge >= 0.3 is 0 Å². The highest BCUT2D eigenvalue weighted by molar-refractivity contribution is 14.1. The second-order valence-electron chi connectivity index (χ2n) is 6.10. The Morgan fingerprint density at radius 1 is 1.53 bits per heavy atom. The molecule has 4 atom stereocenters. The zero-order chi connectivity index (χ0) is 13.6. The third-order valence-electron chi connectivity index (χ3n) is 4.79. The van der Waals surface area contributed by atoms with Crippen LogP contribution >= 0.6 is 22.6 Å². The molecule has 0 aromatic carbocycles. The molecule has 4 nitrogen and oxygen atoms in total. The Bertz CT molecular complexity index is 499. The van der Waals surface area contributed by atoms with E-state index in [-0.39, 0.29) is 11.9 Å². The van der Waals surface area contributed by atoms with Crippen molar-refractivity contribution >= 4 is 28.5 Å². The minimum Gasteiger partial charge on any atom is -0.348 e. The fourth-order valence-corrected chi connectivity index (χ4v) is 4.66. The number of carbonyl (C=O) groups is 1. The van der Waals surface area contributed by atoms with E-state index >= 15 is 0 Å². The second kappa shape index (κ2) is 5.07. The molecule has 1 aromatic heterocycles. The molecule has 2 fully saturated rings. The summed E-state index contributed by atoms with van der Waals surface area (Å²) in [6.07, 6.45) is 7.31. The van der Waals surface area contributed by atoms with Gasteiger partial charge in [-0.05, 0) is 66.5 Å². The highest BCUT2D eigenvalue weighted by Gasteiger charge is 2.42. The van der Waals surface area contributed by atoms with Crippen molar-refractivity contribution in [1.29, 1.82) is 0 Å². The lowest BCUT2D eigenvalue weighted by Gasteiger charge is -2.28. The van der Waals surface area contributed by atoms with Crippen LogP contribution in [0.25, 0.3) is 0 Å². The van der Waals surface area contributed by atoms with E-state index in [4.69, 9.17) is 0 Å². The predicted molar refractivity (Wildman–Crippen MR) is 81.8 cm³/mol. The summed E-state index contributed by atoms with van der Waals surface area (Å²) < 4.78 is 2.61. The fourth-order valence-electron chi connectivity index (χ4n) is 3.90. The molecule has 0 spiro atoms. The fraction of sp³-hybridized carbons (Fsp3) is 0.714. The summed E-state index contributed by atoms with van der Waals surface area (Å²) >= 11 is 2.17. The molecule has 5 heteroatoms. The molecular weight excluding hydrogens is 353 g/mol. The summed E-state index contributed by atoms with van der Waals surface area (Å²) in [7, 11) is 1.85. The monoisotopic (exact) mass is 373 g/mol. The summed E-state index contributed by atoms with van der Waals surface area (Å²) in [6, 6.07) is 0.264. The van der Waals surface area contributed by atoms with E-state index < -0.39 is 0 Å². The van der Waals surface area contributed by atoms with Crippen LogP contribution in [-0.2, 0) is 7.05 Å². The number of amides is 1. The molecule has 1 amide bonds.